The van der Waals surface area contributed by atoms with Gasteiger partial charge in [0.1, 0.15) is 6.54 Å². The summed E-state index contributed by atoms with van der Waals surface area (Å²) in [5.41, 5.74) is -4.58. The molecular weight excluding hydrogens is 500 g/mol. The van der Waals surface area contributed by atoms with Crippen LogP contribution in [-0.2, 0) is 21.4 Å². The molecule has 2 aromatic rings. The van der Waals surface area contributed by atoms with E-state index < -0.39 is 46.6 Å². The first-order chi connectivity index (χ1) is 16.2. The molecule has 35 heavy (non-hydrogen) atoms. The highest BCUT2D eigenvalue weighted by Gasteiger charge is 2.62. The van der Waals surface area contributed by atoms with Crippen LogP contribution in [0.3, 0.4) is 0 Å². The zero-order valence-electron chi connectivity index (χ0n) is 18.3. The van der Waals surface area contributed by atoms with Gasteiger partial charge in [-0.3, -0.25) is 4.79 Å². The van der Waals surface area contributed by atoms with Crippen molar-refractivity contribution < 1.29 is 36.0 Å². The van der Waals surface area contributed by atoms with Crippen molar-refractivity contribution in [1.82, 2.24) is 4.90 Å². The summed E-state index contributed by atoms with van der Waals surface area (Å²) in [6, 6.07) is 9.12. The van der Waals surface area contributed by atoms with Crippen LogP contribution in [-0.4, -0.2) is 29.2 Å². The standard InChI is InChI=1S/C23H18ClF6N3O2/c1-13(33(8-7-31)14(2)34)15-3-5-16(6-4-15)20-12-21(35-32-20,23(28,29)30)17-9-18(22(25,26)27)11-19(24)10-17/h3-6,9-11,13H,8,12H2,1-2H3. The van der Waals surface area contributed by atoms with Gasteiger partial charge in [0.2, 0.25) is 5.91 Å². The van der Waals surface area contributed by atoms with Crippen molar-refractivity contribution in [2.75, 3.05) is 6.54 Å². The number of amides is 1. The second kappa shape index (κ2) is 9.41. The monoisotopic (exact) mass is 517 g/mol. The molecule has 0 saturated heterocycles. The van der Waals surface area contributed by atoms with Crippen LogP contribution in [0.15, 0.2) is 47.6 Å². The Morgan fingerprint density at radius 3 is 2.34 bits per heavy atom. The molecule has 0 bridgehead atoms. The lowest BCUT2D eigenvalue weighted by Gasteiger charge is -2.30. The molecule has 2 atom stereocenters. The van der Waals surface area contributed by atoms with Gasteiger partial charge in [-0.1, -0.05) is 41.0 Å². The van der Waals surface area contributed by atoms with Gasteiger partial charge < -0.3 is 9.74 Å². The van der Waals surface area contributed by atoms with Gasteiger partial charge in [0.05, 0.1) is 23.4 Å². The van der Waals surface area contributed by atoms with Gasteiger partial charge in [-0.25, -0.2) is 0 Å². The Kier molecular flexibility index (Phi) is 7.09. The van der Waals surface area contributed by atoms with Crippen LogP contribution in [0.4, 0.5) is 26.3 Å². The second-order valence-electron chi connectivity index (χ2n) is 7.96. The van der Waals surface area contributed by atoms with E-state index in [0.717, 1.165) is 6.07 Å². The van der Waals surface area contributed by atoms with E-state index in [-0.39, 0.29) is 23.7 Å². The van der Waals surface area contributed by atoms with E-state index in [1.807, 2.05) is 6.07 Å². The fraction of sp³-hybridized carbons (Fsp3) is 0.348. The predicted octanol–water partition coefficient (Wildman–Crippen LogP) is 6.37. The van der Waals surface area contributed by atoms with Gasteiger partial charge in [-0.15, -0.1) is 0 Å². The summed E-state index contributed by atoms with van der Waals surface area (Å²) >= 11 is 5.71. The number of hydrogen-bond donors (Lipinski definition) is 0. The Balaban J connectivity index is 1.94. The maximum atomic E-state index is 14.2. The molecule has 1 amide bonds. The highest BCUT2D eigenvalue weighted by Crippen LogP contribution is 2.50. The van der Waals surface area contributed by atoms with Crippen molar-refractivity contribution >= 4 is 23.2 Å². The predicted molar refractivity (Wildman–Crippen MR) is 114 cm³/mol. The molecule has 0 aromatic heterocycles. The van der Waals surface area contributed by atoms with E-state index in [1.54, 1.807) is 19.1 Å². The minimum atomic E-state index is -5.11. The molecule has 1 aliphatic rings. The Morgan fingerprint density at radius 2 is 1.83 bits per heavy atom. The Morgan fingerprint density at radius 1 is 1.20 bits per heavy atom. The number of hydrogen-bond acceptors (Lipinski definition) is 4. The largest absolute Gasteiger partial charge is 0.435 e. The molecule has 12 heteroatoms. The molecule has 3 rings (SSSR count). The summed E-state index contributed by atoms with van der Waals surface area (Å²) in [6.07, 6.45) is -10.9. The number of nitriles is 1. The van der Waals surface area contributed by atoms with Gasteiger partial charge in [0, 0.05) is 23.9 Å². The maximum absolute atomic E-state index is 14.2. The van der Waals surface area contributed by atoms with E-state index in [9.17, 15) is 31.1 Å². The minimum absolute atomic E-state index is 0.129. The van der Waals surface area contributed by atoms with Crippen molar-refractivity contribution in [2.45, 2.75) is 44.3 Å². The fourth-order valence-electron chi connectivity index (χ4n) is 3.78. The van der Waals surface area contributed by atoms with Gasteiger partial charge in [-0.05, 0) is 36.2 Å². The van der Waals surface area contributed by atoms with E-state index in [2.05, 4.69) is 5.16 Å². The lowest BCUT2D eigenvalue weighted by molar-refractivity contribution is -0.276. The van der Waals surface area contributed by atoms with Gasteiger partial charge in [0.25, 0.3) is 5.60 Å². The number of carbonyl (C=O) groups is 1. The van der Waals surface area contributed by atoms with Crippen molar-refractivity contribution in [3.05, 3.63) is 69.7 Å². The average Bonchev–Trinajstić information content (AvgIpc) is 3.23. The molecule has 0 spiro atoms. The van der Waals surface area contributed by atoms with E-state index in [0.29, 0.717) is 17.7 Å². The van der Waals surface area contributed by atoms with E-state index in [4.69, 9.17) is 21.7 Å². The smallest absolute Gasteiger partial charge is 0.374 e. The van der Waals surface area contributed by atoms with Crippen molar-refractivity contribution in [2.24, 2.45) is 5.16 Å². The van der Waals surface area contributed by atoms with Crippen LogP contribution < -0.4 is 0 Å². The van der Waals surface area contributed by atoms with Crippen molar-refractivity contribution in [1.29, 1.82) is 5.26 Å². The molecule has 0 N–H and O–H groups in total. The molecule has 0 saturated carbocycles. The summed E-state index contributed by atoms with van der Waals surface area (Å²) in [6.45, 7) is 2.85. The van der Waals surface area contributed by atoms with Crippen molar-refractivity contribution in [3.63, 3.8) is 0 Å². The molecule has 1 heterocycles. The first kappa shape index (κ1) is 26.3. The fourth-order valence-corrected chi connectivity index (χ4v) is 4.01. The maximum Gasteiger partial charge on any atom is 0.435 e. The third kappa shape index (κ3) is 5.22. The van der Waals surface area contributed by atoms with E-state index in [1.165, 1.54) is 24.0 Å². The highest BCUT2D eigenvalue weighted by molar-refractivity contribution is 6.30. The molecule has 0 radical (unpaired) electrons. The second-order valence-corrected chi connectivity index (χ2v) is 8.40. The Bertz CT molecular complexity index is 1190. The molecule has 186 valence electrons. The number of halogens is 7. The molecule has 2 unspecified atom stereocenters. The third-order valence-electron chi connectivity index (χ3n) is 5.72. The summed E-state index contributed by atoms with van der Waals surface area (Å²) < 4.78 is 82.1. The van der Waals surface area contributed by atoms with Crippen LogP contribution in [0.2, 0.25) is 5.02 Å². The third-order valence-corrected chi connectivity index (χ3v) is 5.93. The number of rotatable bonds is 5. The molecular formula is C23H18ClF6N3O2. The quantitative estimate of drug-likeness (QED) is 0.342. The SMILES string of the molecule is CC(=O)N(CC#N)C(C)c1ccc(C2=NOC(c3cc(Cl)cc(C(F)(F)F)c3)(C(F)(F)F)C2)cc1. The topological polar surface area (TPSA) is 65.7 Å². The molecule has 0 aliphatic carbocycles. The number of carbonyl (C=O) groups excluding carboxylic acids is 1. The first-order valence-corrected chi connectivity index (χ1v) is 10.5. The lowest BCUT2D eigenvalue weighted by atomic mass is 9.85. The molecule has 5 nitrogen and oxygen atoms in total. The van der Waals surface area contributed by atoms with Gasteiger partial charge in [0.15, 0.2) is 0 Å². The Hall–Kier alpha value is -3.26. The zero-order valence-corrected chi connectivity index (χ0v) is 19.1. The number of alkyl halides is 6. The summed E-state index contributed by atoms with van der Waals surface area (Å²) in [5, 5.41) is 11.9. The average molecular weight is 518 g/mol. The van der Waals surface area contributed by atoms with Crippen LogP contribution in [0, 0.1) is 11.3 Å². The summed E-state index contributed by atoms with van der Waals surface area (Å²) in [7, 11) is 0. The van der Waals surface area contributed by atoms with Crippen LogP contribution in [0.1, 0.15) is 48.6 Å². The van der Waals surface area contributed by atoms with Crippen molar-refractivity contribution in [3.8, 4) is 6.07 Å². The van der Waals surface area contributed by atoms with Crippen LogP contribution in [0.5, 0.6) is 0 Å². The molecule has 2 aromatic carbocycles. The first-order valence-electron chi connectivity index (χ1n) is 10.1. The van der Waals surface area contributed by atoms with Crippen LogP contribution >= 0.6 is 11.6 Å². The summed E-state index contributed by atoms with van der Waals surface area (Å²) in [5.74, 6) is -0.327. The van der Waals surface area contributed by atoms with Gasteiger partial charge >= 0.3 is 12.4 Å². The van der Waals surface area contributed by atoms with E-state index >= 15 is 0 Å². The van der Waals surface area contributed by atoms with Crippen LogP contribution in [0.25, 0.3) is 0 Å². The molecule has 1 aliphatic heterocycles. The lowest BCUT2D eigenvalue weighted by Crippen LogP contribution is -2.42. The highest BCUT2D eigenvalue weighted by atomic mass is 35.5. The minimum Gasteiger partial charge on any atom is -0.374 e. The molecule has 0 fully saturated rings. The number of nitrogens with zero attached hydrogens (tertiary/aromatic N) is 3. The summed E-state index contributed by atoms with van der Waals surface area (Å²) in [4.78, 5) is 17.9. The normalized spacial score (nSPS) is 18.9. The van der Waals surface area contributed by atoms with Gasteiger partial charge in [-0.2, -0.15) is 31.6 Å². The number of benzene rings is 2. The zero-order chi connectivity index (χ0) is 26.2. The number of oxime groups is 1. The Labute approximate surface area is 201 Å².